The minimum Gasteiger partial charge on any atom is -0.497 e. The molecule has 1 fully saturated rings. The molecular formula is C46H53N4O6P. The first-order valence-electron chi connectivity index (χ1n) is 19.5. The van der Waals surface area contributed by atoms with Gasteiger partial charge in [-0.1, -0.05) is 66.7 Å². The summed E-state index contributed by atoms with van der Waals surface area (Å²) in [5, 5.41) is 9.37. The van der Waals surface area contributed by atoms with E-state index in [0.717, 1.165) is 45.1 Å². The fourth-order valence-corrected chi connectivity index (χ4v) is 9.11. The van der Waals surface area contributed by atoms with Gasteiger partial charge >= 0.3 is 0 Å². The van der Waals surface area contributed by atoms with Crippen molar-refractivity contribution in [3.8, 4) is 29.0 Å². The third-order valence-electron chi connectivity index (χ3n) is 10.0. The number of pyridine rings is 2. The number of hydrogen-bond acceptors (Lipinski definition) is 10. The van der Waals surface area contributed by atoms with Gasteiger partial charge in [0.2, 0.25) is 0 Å². The molecule has 10 nitrogen and oxygen atoms in total. The van der Waals surface area contributed by atoms with Gasteiger partial charge in [0.1, 0.15) is 23.2 Å². The highest BCUT2D eigenvalue weighted by Gasteiger charge is 2.44. The Morgan fingerprint density at radius 1 is 0.789 bits per heavy atom. The standard InChI is InChI=1S/C46H53N4O6P/c1-33(2)50(34(3)4)57(54-28-12-26-47)56-44-30-41(29-35-16-25-43(49-31-35)42-15-10-11-27-48-42)55-45(44)32-53-46(36-13-8-7-9-14-36,37-17-21-39(51-5)22-18-37)38-19-23-40(52-6)24-20-38/h7-11,13-25,27,31,33-34,41,44-45H,12,28-30,32H2,1-6H3/t41-,44-,45+,57?/m0/s1. The number of ether oxygens (including phenoxy) is 4. The molecule has 0 spiro atoms. The summed E-state index contributed by atoms with van der Waals surface area (Å²) in [5.74, 6) is 1.50. The second-order valence-electron chi connectivity index (χ2n) is 14.5. The normalized spacial score (nSPS) is 17.5. The van der Waals surface area contributed by atoms with Crippen molar-refractivity contribution in [2.75, 3.05) is 27.4 Å². The molecule has 0 aliphatic carbocycles. The summed E-state index contributed by atoms with van der Waals surface area (Å²) >= 11 is 0. The highest BCUT2D eigenvalue weighted by atomic mass is 31.2. The highest BCUT2D eigenvalue weighted by molar-refractivity contribution is 7.44. The Labute approximate surface area is 338 Å². The summed E-state index contributed by atoms with van der Waals surface area (Å²) in [6.45, 7) is 9.04. The van der Waals surface area contributed by atoms with Gasteiger partial charge in [0.25, 0.3) is 8.53 Å². The SMILES string of the molecule is COc1ccc(C(OC[C@H]2O[C@@H](Cc3ccc(-c4ccccn4)nc3)C[C@@H]2OP(OCCC#N)N(C(C)C)C(C)C)(c2ccccc2)c2ccc(OC)cc2)cc1. The number of benzene rings is 3. The van der Waals surface area contributed by atoms with Gasteiger partial charge in [0, 0.05) is 37.3 Å². The van der Waals surface area contributed by atoms with E-state index in [1.54, 1.807) is 20.4 Å². The Morgan fingerprint density at radius 2 is 1.40 bits per heavy atom. The first-order valence-corrected chi connectivity index (χ1v) is 20.6. The van der Waals surface area contributed by atoms with Crippen LogP contribution in [0.25, 0.3) is 11.4 Å². The van der Waals surface area contributed by atoms with Gasteiger partial charge in [-0.3, -0.25) is 9.97 Å². The molecule has 0 bridgehead atoms. The predicted octanol–water partition coefficient (Wildman–Crippen LogP) is 9.53. The minimum absolute atomic E-state index is 0.144. The maximum atomic E-state index is 9.37. The van der Waals surface area contributed by atoms with E-state index in [1.807, 2.05) is 72.9 Å². The van der Waals surface area contributed by atoms with Gasteiger partial charge in [0.05, 0.1) is 63.5 Å². The van der Waals surface area contributed by atoms with Gasteiger partial charge in [-0.15, -0.1) is 0 Å². The lowest BCUT2D eigenvalue weighted by Crippen LogP contribution is -2.39. The van der Waals surface area contributed by atoms with Gasteiger partial charge in [-0.05, 0) is 92.4 Å². The highest BCUT2D eigenvalue weighted by Crippen LogP contribution is 2.50. The molecule has 1 aliphatic heterocycles. The molecule has 2 aromatic heterocycles. The summed E-state index contributed by atoms with van der Waals surface area (Å²) in [6, 6.07) is 38.7. The smallest absolute Gasteiger partial charge is 0.259 e. The molecular weight excluding hydrogens is 736 g/mol. The Balaban J connectivity index is 1.36. The summed E-state index contributed by atoms with van der Waals surface area (Å²) in [5.41, 5.74) is 4.47. The van der Waals surface area contributed by atoms with Crippen molar-refractivity contribution in [3.05, 3.63) is 144 Å². The zero-order valence-electron chi connectivity index (χ0n) is 33.7. The zero-order valence-corrected chi connectivity index (χ0v) is 34.5. The van der Waals surface area contributed by atoms with E-state index in [-0.39, 0.29) is 43.9 Å². The van der Waals surface area contributed by atoms with Crippen molar-refractivity contribution in [2.45, 2.75) is 83.0 Å². The number of rotatable bonds is 19. The van der Waals surface area contributed by atoms with Crippen LogP contribution in [0.2, 0.25) is 0 Å². The van der Waals surface area contributed by atoms with Crippen molar-refractivity contribution >= 4 is 8.53 Å². The molecule has 1 aliphatic rings. The zero-order chi connectivity index (χ0) is 40.2. The van der Waals surface area contributed by atoms with E-state index in [4.69, 9.17) is 33.0 Å². The molecule has 4 atom stereocenters. The van der Waals surface area contributed by atoms with E-state index < -0.39 is 20.2 Å². The van der Waals surface area contributed by atoms with Crippen molar-refractivity contribution < 1.29 is 28.0 Å². The van der Waals surface area contributed by atoms with Crippen LogP contribution in [0.1, 0.15) is 62.8 Å². The number of hydrogen-bond donors (Lipinski definition) is 0. The molecule has 0 radical (unpaired) electrons. The van der Waals surface area contributed by atoms with Crippen LogP contribution < -0.4 is 9.47 Å². The molecule has 298 valence electrons. The molecule has 57 heavy (non-hydrogen) atoms. The number of methoxy groups -OCH3 is 2. The molecule has 0 N–H and O–H groups in total. The maximum Gasteiger partial charge on any atom is 0.259 e. The van der Waals surface area contributed by atoms with Crippen molar-refractivity contribution in [1.29, 1.82) is 5.26 Å². The largest absolute Gasteiger partial charge is 0.497 e. The van der Waals surface area contributed by atoms with Crippen LogP contribution >= 0.6 is 8.53 Å². The molecule has 3 heterocycles. The Bertz CT molecular complexity index is 1940. The molecule has 6 rings (SSSR count). The topological polar surface area (TPSA) is 108 Å². The summed E-state index contributed by atoms with van der Waals surface area (Å²) < 4.78 is 41.1. The van der Waals surface area contributed by atoms with Gasteiger partial charge < -0.3 is 28.0 Å². The lowest BCUT2D eigenvalue weighted by Gasteiger charge is -2.39. The van der Waals surface area contributed by atoms with Crippen LogP contribution in [-0.2, 0) is 30.5 Å². The lowest BCUT2D eigenvalue weighted by molar-refractivity contribution is -0.0798. The molecule has 5 aromatic rings. The summed E-state index contributed by atoms with van der Waals surface area (Å²) in [6.07, 6.45) is 4.19. The van der Waals surface area contributed by atoms with E-state index in [1.165, 1.54) is 0 Å². The van der Waals surface area contributed by atoms with E-state index in [9.17, 15) is 5.26 Å². The first-order chi connectivity index (χ1) is 27.7. The van der Waals surface area contributed by atoms with E-state index in [2.05, 4.69) is 85.9 Å². The summed E-state index contributed by atoms with van der Waals surface area (Å²) in [4.78, 5) is 9.19. The van der Waals surface area contributed by atoms with Gasteiger partial charge in [0.15, 0.2) is 0 Å². The van der Waals surface area contributed by atoms with Crippen LogP contribution in [-0.4, -0.2) is 72.5 Å². The van der Waals surface area contributed by atoms with Crippen LogP contribution in [0.15, 0.2) is 122 Å². The monoisotopic (exact) mass is 788 g/mol. The van der Waals surface area contributed by atoms with E-state index in [0.29, 0.717) is 12.8 Å². The molecule has 11 heteroatoms. The van der Waals surface area contributed by atoms with Crippen LogP contribution in [0, 0.1) is 11.3 Å². The van der Waals surface area contributed by atoms with Gasteiger partial charge in [-0.2, -0.15) is 5.26 Å². The van der Waals surface area contributed by atoms with Crippen LogP contribution in [0.5, 0.6) is 11.5 Å². The van der Waals surface area contributed by atoms with Crippen molar-refractivity contribution in [2.24, 2.45) is 0 Å². The molecule has 1 saturated heterocycles. The lowest BCUT2D eigenvalue weighted by atomic mass is 9.80. The molecule has 1 unspecified atom stereocenters. The second kappa shape index (κ2) is 20.1. The molecule has 0 saturated carbocycles. The fourth-order valence-electron chi connectivity index (χ4n) is 7.36. The first kappa shape index (κ1) is 41.9. The quantitative estimate of drug-likeness (QED) is 0.0456. The number of nitriles is 1. The Morgan fingerprint density at radius 3 is 1.95 bits per heavy atom. The van der Waals surface area contributed by atoms with Crippen LogP contribution in [0.4, 0.5) is 0 Å². The number of nitrogens with zero attached hydrogens (tertiary/aromatic N) is 4. The Kier molecular flexibility index (Phi) is 14.8. The van der Waals surface area contributed by atoms with Crippen LogP contribution in [0.3, 0.4) is 0 Å². The Hall–Kier alpha value is -4.72. The average molecular weight is 789 g/mol. The minimum atomic E-state index is -1.54. The second-order valence-corrected chi connectivity index (χ2v) is 15.9. The molecule has 3 aromatic carbocycles. The van der Waals surface area contributed by atoms with Crippen molar-refractivity contribution in [3.63, 3.8) is 0 Å². The predicted molar refractivity (Wildman–Crippen MR) is 223 cm³/mol. The summed E-state index contributed by atoms with van der Waals surface area (Å²) in [7, 11) is 1.78. The fraction of sp³-hybridized carbons (Fsp3) is 0.370. The van der Waals surface area contributed by atoms with E-state index >= 15 is 0 Å². The maximum absolute atomic E-state index is 9.37. The molecule has 0 amide bonds. The average Bonchev–Trinajstić information content (AvgIpc) is 3.62. The van der Waals surface area contributed by atoms with Crippen molar-refractivity contribution in [1.82, 2.24) is 14.6 Å². The van der Waals surface area contributed by atoms with Gasteiger partial charge in [-0.25, -0.2) is 4.67 Å². The third-order valence-corrected chi connectivity index (χ3v) is 12.2. The number of aromatic nitrogens is 2. The third kappa shape index (κ3) is 10.2.